The zero-order chi connectivity index (χ0) is 11.1. The van der Waals surface area contributed by atoms with Crippen molar-refractivity contribution in [2.24, 2.45) is 5.73 Å². The molecule has 0 saturated carbocycles. The normalized spacial score (nSPS) is 10.3. The van der Waals surface area contributed by atoms with Crippen molar-refractivity contribution in [3.05, 3.63) is 29.3 Å². The summed E-state index contributed by atoms with van der Waals surface area (Å²) in [7, 11) is 0. The zero-order valence-corrected chi connectivity index (χ0v) is 9.45. The summed E-state index contributed by atoms with van der Waals surface area (Å²) in [4.78, 5) is 0. The molecule has 0 aliphatic carbocycles. The molecule has 3 heteroatoms. The van der Waals surface area contributed by atoms with Crippen molar-refractivity contribution < 1.29 is 9.47 Å². The molecule has 0 bridgehead atoms. The molecule has 2 N–H and O–H groups in total. The Morgan fingerprint density at radius 3 is 2.60 bits per heavy atom. The summed E-state index contributed by atoms with van der Waals surface area (Å²) in [5, 5.41) is 0. The smallest absolute Gasteiger partial charge is 0.122 e. The fraction of sp³-hybridized carbons (Fsp3) is 0.500. The summed E-state index contributed by atoms with van der Waals surface area (Å²) < 4.78 is 10.8. The highest BCUT2D eigenvalue weighted by Gasteiger charge is 1.98. The van der Waals surface area contributed by atoms with Crippen LogP contribution in [0.2, 0.25) is 0 Å². The van der Waals surface area contributed by atoms with E-state index >= 15 is 0 Å². The third-order valence-corrected chi connectivity index (χ3v) is 2.08. The Morgan fingerprint density at radius 2 is 1.93 bits per heavy atom. The molecule has 1 aromatic carbocycles. The van der Waals surface area contributed by atoms with Crippen LogP contribution < -0.4 is 10.5 Å². The average molecular weight is 209 g/mol. The lowest BCUT2D eigenvalue weighted by Gasteiger charge is -2.09. The highest BCUT2D eigenvalue weighted by molar-refractivity contribution is 5.35. The van der Waals surface area contributed by atoms with E-state index in [4.69, 9.17) is 15.2 Å². The molecule has 0 heterocycles. The first-order valence-electron chi connectivity index (χ1n) is 5.22. The molecule has 0 amide bonds. The second kappa shape index (κ2) is 6.43. The maximum Gasteiger partial charge on any atom is 0.122 e. The van der Waals surface area contributed by atoms with Crippen LogP contribution in [0.3, 0.4) is 0 Å². The van der Waals surface area contributed by atoms with Crippen LogP contribution in [0.4, 0.5) is 0 Å². The van der Waals surface area contributed by atoms with Gasteiger partial charge in [0.15, 0.2) is 0 Å². The Kier molecular flexibility index (Phi) is 5.15. The molecule has 0 aliphatic heterocycles. The van der Waals surface area contributed by atoms with Crippen LogP contribution in [-0.2, 0) is 4.74 Å². The van der Waals surface area contributed by atoms with E-state index in [2.05, 4.69) is 13.0 Å². The van der Waals surface area contributed by atoms with Gasteiger partial charge in [0, 0.05) is 6.54 Å². The Balaban J connectivity index is 2.31. The summed E-state index contributed by atoms with van der Waals surface area (Å²) in [5.41, 5.74) is 7.71. The number of nitrogens with two attached hydrogens (primary N) is 1. The lowest BCUT2D eigenvalue weighted by molar-refractivity contribution is 0.105. The summed E-state index contributed by atoms with van der Waals surface area (Å²) in [6.07, 6.45) is 0. The van der Waals surface area contributed by atoms with Crippen molar-refractivity contribution in [3.8, 4) is 5.75 Å². The van der Waals surface area contributed by atoms with Crippen LogP contribution in [0.5, 0.6) is 5.75 Å². The average Bonchev–Trinajstić information content (AvgIpc) is 2.20. The van der Waals surface area contributed by atoms with Gasteiger partial charge in [0.1, 0.15) is 12.4 Å². The van der Waals surface area contributed by atoms with E-state index in [1.807, 2.05) is 19.1 Å². The highest BCUT2D eigenvalue weighted by atomic mass is 16.5. The molecular weight excluding hydrogens is 190 g/mol. The molecule has 0 saturated heterocycles. The molecule has 15 heavy (non-hydrogen) atoms. The molecule has 0 unspecified atom stereocenters. The van der Waals surface area contributed by atoms with Crippen molar-refractivity contribution in [2.45, 2.75) is 13.8 Å². The standard InChI is InChI=1S/C12H19NO2/c1-10-3-4-12(11(2)9-10)15-8-7-14-6-5-13/h3-4,9H,5-8,13H2,1-2H3. The molecule has 1 rings (SSSR count). The fourth-order valence-electron chi connectivity index (χ4n) is 1.36. The molecule has 0 aliphatic rings. The second-order valence-electron chi connectivity index (χ2n) is 3.52. The van der Waals surface area contributed by atoms with Crippen LogP contribution in [0, 0.1) is 13.8 Å². The minimum atomic E-state index is 0.559. The second-order valence-corrected chi connectivity index (χ2v) is 3.52. The van der Waals surface area contributed by atoms with E-state index in [1.165, 1.54) is 5.56 Å². The van der Waals surface area contributed by atoms with Gasteiger partial charge in [-0.1, -0.05) is 17.7 Å². The Hall–Kier alpha value is -1.06. The van der Waals surface area contributed by atoms with Gasteiger partial charge in [-0.15, -0.1) is 0 Å². The van der Waals surface area contributed by atoms with Crippen LogP contribution in [0.15, 0.2) is 18.2 Å². The lowest BCUT2D eigenvalue weighted by atomic mass is 10.1. The summed E-state index contributed by atoms with van der Waals surface area (Å²) in [5.74, 6) is 0.928. The van der Waals surface area contributed by atoms with E-state index in [1.54, 1.807) is 0 Å². The van der Waals surface area contributed by atoms with Crippen molar-refractivity contribution in [2.75, 3.05) is 26.4 Å². The van der Waals surface area contributed by atoms with E-state index in [9.17, 15) is 0 Å². The van der Waals surface area contributed by atoms with Gasteiger partial charge in [0.2, 0.25) is 0 Å². The van der Waals surface area contributed by atoms with Gasteiger partial charge in [0.05, 0.1) is 13.2 Å². The van der Waals surface area contributed by atoms with Crippen LogP contribution in [0.1, 0.15) is 11.1 Å². The van der Waals surface area contributed by atoms with Gasteiger partial charge in [0.25, 0.3) is 0 Å². The maximum absolute atomic E-state index is 5.57. The van der Waals surface area contributed by atoms with Crippen molar-refractivity contribution in [1.82, 2.24) is 0 Å². The SMILES string of the molecule is Cc1ccc(OCCOCCN)c(C)c1. The largest absolute Gasteiger partial charge is 0.491 e. The third kappa shape index (κ3) is 4.32. The molecule has 84 valence electrons. The molecule has 3 nitrogen and oxygen atoms in total. The molecular formula is C12H19NO2. The van der Waals surface area contributed by atoms with E-state index in [-0.39, 0.29) is 0 Å². The van der Waals surface area contributed by atoms with Gasteiger partial charge in [-0.3, -0.25) is 0 Å². The maximum atomic E-state index is 5.57. The fourth-order valence-corrected chi connectivity index (χ4v) is 1.36. The lowest BCUT2D eigenvalue weighted by Crippen LogP contribution is -2.13. The molecule has 1 aromatic rings. The topological polar surface area (TPSA) is 44.5 Å². The zero-order valence-electron chi connectivity index (χ0n) is 9.45. The summed E-state index contributed by atoms with van der Waals surface area (Å²) >= 11 is 0. The molecule has 0 aromatic heterocycles. The van der Waals surface area contributed by atoms with Crippen LogP contribution in [-0.4, -0.2) is 26.4 Å². The van der Waals surface area contributed by atoms with Crippen molar-refractivity contribution in [1.29, 1.82) is 0 Å². The van der Waals surface area contributed by atoms with Crippen LogP contribution >= 0.6 is 0 Å². The molecule has 0 radical (unpaired) electrons. The van der Waals surface area contributed by atoms with Crippen molar-refractivity contribution >= 4 is 0 Å². The molecule has 0 atom stereocenters. The number of hydrogen-bond donors (Lipinski definition) is 1. The Bertz CT molecular complexity index is 300. The molecule has 0 spiro atoms. The Morgan fingerprint density at radius 1 is 1.13 bits per heavy atom. The van der Waals surface area contributed by atoms with Gasteiger partial charge in [-0.2, -0.15) is 0 Å². The van der Waals surface area contributed by atoms with Gasteiger partial charge >= 0.3 is 0 Å². The number of rotatable bonds is 6. The quantitative estimate of drug-likeness (QED) is 0.725. The number of hydrogen-bond acceptors (Lipinski definition) is 3. The first-order chi connectivity index (χ1) is 7.24. The Labute approximate surface area is 91.2 Å². The van der Waals surface area contributed by atoms with E-state index in [0.717, 1.165) is 11.3 Å². The number of aryl methyl sites for hydroxylation is 2. The number of benzene rings is 1. The van der Waals surface area contributed by atoms with Crippen LogP contribution in [0.25, 0.3) is 0 Å². The summed E-state index contributed by atoms with van der Waals surface area (Å²) in [6.45, 7) is 6.43. The minimum Gasteiger partial charge on any atom is -0.491 e. The van der Waals surface area contributed by atoms with Crippen molar-refractivity contribution in [3.63, 3.8) is 0 Å². The van der Waals surface area contributed by atoms with Gasteiger partial charge in [-0.05, 0) is 25.5 Å². The van der Waals surface area contributed by atoms with Gasteiger partial charge in [-0.25, -0.2) is 0 Å². The predicted molar refractivity (Wildman–Crippen MR) is 61.3 cm³/mol. The monoisotopic (exact) mass is 209 g/mol. The third-order valence-electron chi connectivity index (χ3n) is 2.08. The predicted octanol–water partition coefficient (Wildman–Crippen LogP) is 1.66. The summed E-state index contributed by atoms with van der Waals surface area (Å²) in [6, 6.07) is 6.15. The minimum absolute atomic E-state index is 0.559. The highest BCUT2D eigenvalue weighted by Crippen LogP contribution is 2.18. The van der Waals surface area contributed by atoms with E-state index < -0.39 is 0 Å². The first kappa shape index (κ1) is 12.0. The first-order valence-corrected chi connectivity index (χ1v) is 5.22. The van der Waals surface area contributed by atoms with E-state index in [0.29, 0.717) is 26.4 Å². The number of ether oxygens (including phenoxy) is 2. The molecule has 0 fully saturated rings. The van der Waals surface area contributed by atoms with Gasteiger partial charge < -0.3 is 15.2 Å².